The highest BCUT2D eigenvalue weighted by Crippen LogP contribution is 2.08. The lowest BCUT2D eigenvalue weighted by atomic mass is 10.1. The van der Waals surface area contributed by atoms with Crippen LogP contribution in [-0.2, 0) is 11.3 Å². The quantitative estimate of drug-likeness (QED) is 0.850. The van der Waals surface area contributed by atoms with E-state index in [0.717, 1.165) is 5.56 Å². The van der Waals surface area contributed by atoms with Gasteiger partial charge in [-0.3, -0.25) is 0 Å². The van der Waals surface area contributed by atoms with Gasteiger partial charge in [0.05, 0.1) is 31.1 Å². The third-order valence-corrected chi connectivity index (χ3v) is 2.58. The van der Waals surface area contributed by atoms with Crippen LogP contribution in [0.2, 0.25) is 0 Å². The Bertz CT molecular complexity index is 647. The van der Waals surface area contributed by atoms with Gasteiger partial charge in [0.15, 0.2) is 5.69 Å². The van der Waals surface area contributed by atoms with E-state index in [1.165, 1.54) is 19.5 Å². The van der Waals surface area contributed by atoms with Gasteiger partial charge in [0.2, 0.25) is 0 Å². The molecule has 1 N–H and O–H groups in total. The highest BCUT2D eigenvalue weighted by molar-refractivity contribution is 5.86. The maximum atomic E-state index is 11.2. The monoisotopic (exact) mass is 268 g/mol. The van der Waals surface area contributed by atoms with Crippen LogP contribution in [0.15, 0.2) is 36.7 Å². The number of anilines is 1. The molecule has 0 saturated heterocycles. The van der Waals surface area contributed by atoms with Crippen molar-refractivity contribution < 1.29 is 9.53 Å². The van der Waals surface area contributed by atoms with Gasteiger partial charge in [-0.05, 0) is 17.7 Å². The van der Waals surface area contributed by atoms with E-state index in [2.05, 4.69) is 26.1 Å². The molecule has 0 unspecified atom stereocenters. The van der Waals surface area contributed by atoms with E-state index >= 15 is 0 Å². The van der Waals surface area contributed by atoms with Crippen LogP contribution in [0.1, 0.15) is 21.6 Å². The SMILES string of the molecule is COC(=O)c1cnc(NCc2cccc(C#N)c2)cn1. The Morgan fingerprint density at radius 1 is 1.40 bits per heavy atom. The number of hydrogen-bond donors (Lipinski definition) is 1. The van der Waals surface area contributed by atoms with Crippen molar-refractivity contribution in [3.8, 4) is 6.07 Å². The predicted molar refractivity (Wildman–Crippen MR) is 71.9 cm³/mol. The highest BCUT2D eigenvalue weighted by atomic mass is 16.5. The first-order chi connectivity index (χ1) is 9.72. The topological polar surface area (TPSA) is 87.9 Å². The van der Waals surface area contributed by atoms with E-state index in [-0.39, 0.29) is 5.69 Å². The van der Waals surface area contributed by atoms with Gasteiger partial charge in [-0.15, -0.1) is 0 Å². The third-order valence-electron chi connectivity index (χ3n) is 2.58. The number of esters is 1. The van der Waals surface area contributed by atoms with Crippen molar-refractivity contribution >= 4 is 11.8 Å². The molecule has 100 valence electrons. The second-order valence-electron chi connectivity index (χ2n) is 3.94. The molecule has 0 saturated carbocycles. The first-order valence-electron chi connectivity index (χ1n) is 5.86. The van der Waals surface area contributed by atoms with Gasteiger partial charge in [0.1, 0.15) is 5.82 Å². The number of rotatable bonds is 4. The molecular weight excluding hydrogens is 256 g/mol. The lowest BCUT2D eigenvalue weighted by Crippen LogP contribution is -2.07. The fourth-order valence-electron chi connectivity index (χ4n) is 1.57. The number of carbonyl (C=O) groups excluding carboxylic acids is 1. The van der Waals surface area contributed by atoms with Crippen molar-refractivity contribution in [1.29, 1.82) is 5.26 Å². The molecule has 0 bridgehead atoms. The van der Waals surface area contributed by atoms with Crippen LogP contribution < -0.4 is 5.32 Å². The molecule has 1 aromatic heterocycles. The van der Waals surface area contributed by atoms with Crippen LogP contribution in [0.5, 0.6) is 0 Å². The Morgan fingerprint density at radius 3 is 2.90 bits per heavy atom. The minimum atomic E-state index is -0.522. The molecule has 20 heavy (non-hydrogen) atoms. The van der Waals surface area contributed by atoms with Gasteiger partial charge < -0.3 is 10.1 Å². The molecule has 0 amide bonds. The molecule has 0 atom stereocenters. The zero-order valence-electron chi connectivity index (χ0n) is 10.8. The zero-order chi connectivity index (χ0) is 14.4. The van der Waals surface area contributed by atoms with Crippen molar-refractivity contribution in [2.45, 2.75) is 6.54 Å². The predicted octanol–water partition coefficient (Wildman–Crippen LogP) is 1.75. The Balaban J connectivity index is 2.00. The van der Waals surface area contributed by atoms with Gasteiger partial charge >= 0.3 is 5.97 Å². The molecule has 0 spiro atoms. The summed E-state index contributed by atoms with van der Waals surface area (Å²) in [6.45, 7) is 0.516. The molecule has 1 aromatic carbocycles. The fraction of sp³-hybridized carbons (Fsp3) is 0.143. The second-order valence-corrected chi connectivity index (χ2v) is 3.94. The van der Waals surface area contributed by atoms with Crippen molar-refractivity contribution in [2.24, 2.45) is 0 Å². The molecular formula is C14H12N4O2. The molecule has 0 radical (unpaired) electrons. The van der Waals surface area contributed by atoms with Crippen molar-refractivity contribution in [2.75, 3.05) is 12.4 Å². The first kappa shape index (κ1) is 13.5. The Morgan fingerprint density at radius 2 is 2.25 bits per heavy atom. The average molecular weight is 268 g/mol. The number of nitrogens with zero attached hydrogens (tertiary/aromatic N) is 3. The smallest absolute Gasteiger partial charge is 0.358 e. The molecule has 2 aromatic rings. The lowest BCUT2D eigenvalue weighted by Gasteiger charge is -2.06. The number of ether oxygens (including phenoxy) is 1. The third kappa shape index (κ3) is 3.29. The van der Waals surface area contributed by atoms with Crippen molar-refractivity contribution in [1.82, 2.24) is 9.97 Å². The molecule has 6 heteroatoms. The van der Waals surface area contributed by atoms with Crippen LogP contribution in [0.25, 0.3) is 0 Å². The summed E-state index contributed by atoms with van der Waals surface area (Å²) in [4.78, 5) is 19.2. The van der Waals surface area contributed by atoms with Crippen molar-refractivity contribution in [3.05, 3.63) is 53.5 Å². The number of aromatic nitrogens is 2. The summed E-state index contributed by atoms with van der Waals surface area (Å²) in [6.07, 6.45) is 2.81. The first-order valence-corrected chi connectivity index (χ1v) is 5.86. The van der Waals surface area contributed by atoms with Gasteiger partial charge in [-0.2, -0.15) is 5.26 Å². The molecule has 0 aliphatic heterocycles. The van der Waals surface area contributed by atoms with Crippen molar-refractivity contribution in [3.63, 3.8) is 0 Å². The normalized spacial score (nSPS) is 9.60. The number of nitrogens with one attached hydrogen (secondary N) is 1. The van der Waals surface area contributed by atoms with Gasteiger partial charge in [0.25, 0.3) is 0 Å². The average Bonchev–Trinajstić information content (AvgIpc) is 2.53. The van der Waals surface area contributed by atoms with Gasteiger partial charge in [-0.1, -0.05) is 12.1 Å². The molecule has 2 rings (SSSR count). The van der Waals surface area contributed by atoms with Crippen LogP contribution in [0.4, 0.5) is 5.82 Å². The van der Waals surface area contributed by atoms with E-state index in [9.17, 15) is 4.79 Å². The summed E-state index contributed by atoms with van der Waals surface area (Å²) in [7, 11) is 1.29. The molecule has 0 aliphatic carbocycles. The molecule has 1 heterocycles. The Kier molecular flexibility index (Phi) is 4.24. The summed E-state index contributed by atoms with van der Waals surface area (Å²) in [5.74, 6) is 0.0192. The summed E-state index contributed by atoms with van der Waals surface area (Å²) >= 11 is 0. The highest BCUT2D eigenvalue weighted by Gasteiger charge is 2.07. The van der Waals surface area contributed by atoms with E-state index in [4.69, 9.17) is 5.26 Å². The minimum absolute atomic E-state index is 0.157. The molecule has 6 nitrogen and oxygen atoms in total. The summed E-state index contributed by atoms with van der Waals surface area (Å²) in [6, 6.07) is 9.35. The molecule has 0 aliphatic rings. The minimum Gasteiger partial charge on any atom is -0.464 e. The van der Waals surface area contributed by atoms with Crippen LogP contribution in [-0.4, -0.2) is 23.0 Å². The van der Waals surface area contributed by atoms with E-state index in [1.807, 2.05) is 12.1 Å². The maximum absolute atomic E-state index is 11.2. The van der Waals surface area contributed by atoms with E-state index in [0.29, 0.717) is 17.9 Å². The van der Waals surface area contributed by atoms with Gasteiger partial charge in [-0.25, -0.2) is 14.8 Å². The maximum Gasteiger partial charge on any atom is 0.358 e. The summed E-state index contributed by atoms with van der Waals surface area (Å²) in [5, 5.41) is 11.9. The number of hydrogen-bond acceptors (Lipinski definition) is 6. The Labute approximate surface area is 116 Å². The van der Waals surface area contributed by atoms with E-state index < -0.39 is 5.97 Å². The second kappa shape index (κ2) is 6.29. The van der Waals surface area contributed by atoms with Crippen LogP contribution >= 0.6 is 0 Å². The standard InChI is InChI=1S/C14H12N4O2/c1-20-14(19)12-8-18-13(9-16-12)17-7-11-4-2-3-10(5-11)6-15/h2-5,8-9H,7H2,1H3,(H,17,18). The summed E-state index contributed by atoms with van der Waals surface area (Å²) in [5.41, 5.74) is 1.73. The largest absolute Gasteiger partial charge is 0.464 e. The number of nitriles is 1. The lowest BCUT2D eigenvalue weighted by molar-refractivity contribution is 0.0593. The van der Waals surface area contributed by atoms with Gasteiger partial charge in [0, 0.05) is 6.54 Å². The zero-order valence-corrected chi connectivity index (χ0v) is 10.8. The number of benzene rings is 1. The van der Waals surface area contributed by atoms with Crippen LogP contribution in [0, 0.1) is 11.3 Å². The Hall–Kier alpha value is -2.94. The molecule has 0 fully saturated rings. The van der Waals surface area contributed by atoms with Crippen LogP contribution in [0.3, 0.4) is 0 Å². The number of methoxy groups -OCH3 is 1. The fourth-order valence-corrected chi connectivity index (χ4v) is 1.57. The van der Waals surface area contributed by atoms with E-state index in [1.54, 1.807) is 12.1 Å². The summed E-state index contributed by atoms with van der Waals surface area (Å²) < 4.78 is 4.54. The number of carbonyl (C=O) groups is 1.